The lowest BCUT2D eigenvalue weighted by Gasteiger charge is -2.32. The van der Waals surface area contributed by atoms with Gasteiger partial charge in [0.1, 0.15) is 0 Å². The van der Waals surface area contributed by atoms with Crippen molar-refractivity contribution in [2.45, 2.75) is 46.1 Å². The average molecular weight is 412 g/mol. The van der Waals surface area contributed by atoms with E-state index < -0.39 is 0 Å². The maximum absolute atomic E-state index is 13.1. The maximum atomic E-state index is 13.1. The van der Waals surface area contributed by atoms with Crippen LogP contribution in [0.4, 0.5) is 5.95 Å². The second-order valence-electron chi connectivity index (χ2n) is 8.49. The number of carbonyl (C=O) groups is 2. The first-order valence-corrected chi connectivity index (χ1v) is 11.4. The van der Waals surface area contributed by atoms with Crippen LogP contribution in [0.25, 0.3) is 11.0 Å². The Hall–Kier alpha value is -2.41. The van der Waals surface area contributed by atoms with Crippen LogP contribution in [-0.4, -0.2) is 63.9 Å². The summed E-state index contributed by atoms with van der Waals surface area (Å²) in [6, 6.07) is 8.01. The average Bonchev–Trinajstić information content (AvgIpc) is 3.57. The number of hydrogen-bond donors (Lipinski definition) is 1. The third-order valence-corrected chi connectivity index (χ3v) is 6.45. The number of rotatable bonds is 8. The third kappa shape index (κ3) is 4.51. The number of benzene rings is 1. The van der Waals surface area contributed by atoms with Crippen molar-refractivity contribution < 1.29 is 9.59 Å². The number of amides is 2. The number of anilines is 1. The number of likely N-dealkylation sites (N-methyl/N-ethyl adjacent to an activating group) is 1. The number of hydrogen-bond acceptors (Lipinski definition) is 4. The van der Waals surface area contributed by atoms with Gasteiger partial charge in [-0.1, -0.05) is 26.0 Å². The molecule has 2 fully saturated rings. The first-order chi connectivity index (χ1) is 14.6. The SMILES string of the molecule is CCN(CC)CCn1c(NC(=O)C2CCCN(C(=O)C3CC3)C2)nc2ccccc21. The van der Waals surface area contributed by atoms with Crippen LogP contribution in [0.15, 0.2) is 24.3 Å². The number of likely N-dealkylation sites (tertiary alicyclic amines) is 1. The second-order valence-corrected chi connectivity index (χ2v) is 8.49. The van der Waals surface area contributed by atoms with E-state index in [9.17, 15) is 9.59 Å². The largest absolute Gasteiger partial charge is 0.342 e. The molecular weight excluding hydrogens is 378 g/mol. The fourth-order valence-electron chi connectivity index (χ4n) is 4.37. The minimum atomic E-state index is -0.169. The zero-order valence-corrected chi connectivity index (χ0v) is 18.1. The predicted molar refractivity (Wildman–Crippen MR) is 118 cm³/mol. The lowest BCUT2D eigenvalue weighted by molar-refractivity contribution is -0.135. The molecule has 1 N–H and O–H groups in total. The number of carbonyl (C=O) groups excluding carboxylic acids is 2. The Morgan fingerprint density at radius 3 is 2.63 bits per heavy atom. The Kier molecular flexibility index (Phi) is 6.37. The van der Waals surface area contributed by atoms with Gasteiger partial charge in [-0.3, -0.25) is 14.9 Å². The molecule has 2 aromatic rings. The number of aromatic nitrogens is 2. The Bertz CT molecular complexity index is 900. The number of nitrogens with zero attached hydrogens (tertiary/aromatic N) is 4. The molecule has 1 aromatic heterocycles. The highest BCUT2D eigenvalue weighted by atomic mass is 16.2. The fraction of sp³-hybridized carbons (Fsp3) is 0.609. The Labute approximate surface area is 178 Å². The van der Waals surface area contributed by atoms with Gasteiger partial charge in [-0.25, -0.2) is 4.98 Å². The number of para-hydroxylation sites is 2. The van der Waals surface area contributed by atoms with Crippen LogP contribution in [0.5, 0.6) is 0 Å². The molecule has 1 saturated heterocycles. The second kappa shape index (κ2) is 9.16. The van der Waals surface area contributed by atoms with Crippen LogP contribution in [0.2, 0.25) is 0 Å². The highest BCUT2D eigenvalue weighted by Gasteiger charge is 2.37. The predicted octanol–water partition coefficient (Wildman–Crippen LogP) is 2.97. The van der Waals surface area contributed by atoms with Gasteiger partial charge in [0, 0.05) is 32.1 Å². The minimum absolute atomic E-state index is 0.0253. The zero-order valence-electron chi connectivity index (χ0n) is 18.1. The standard InChI is InChI=1S/C23H33N5O2/c1-3-26(4-2)14-15-28-20-10-6-5-9-19(20)24-23(28)25-21(29)18-8-7-13-27(16-18)22(30)17-11-12-17/h5-6,9-10,17-18H,3-4,7-8,11-16H2,1-2H3,(H,24,25,29). The van der Waals surface area contributed by atoms with Gasteiger partial charge in [0.15, 0.2) is 0 Å². The van der Waals surface area contributed by atoms with E-state index in [-0.39, 0.29) is 23.7 Å². The molecule has 1 atom stereocenters. The lowest BCUT2D eigenvalue weighted by atomic mass is 9.97. The molecule has 1 saturated carbocycles. The van der Waals surface area contributed by atoms with Gasteiger partial charge in [0.05, 0.1) is 17.0 Å². The molecule has 1 unspecified atom stereocenters. The van der Waals surface area contributed by atoms with Crippen LogP contribution in [0, 0.1) is 11.8 Å². The van der Waals surface area contributed by atoms with Crippen LogP contribution in [-0.2, 0) is 16.1 Å². The Morgan fingerprint density at radius 1 is 1.13 bits per heavy atom. The summed E-state index contributed by atoms with van der Waals surface area (Å²) in [6.07, 6.45) is 3.71. The number of imidazole rings is 1. The summed E-state index contributed by atoms with van der Waals surface area (Å²) in [5.74, 6) is 0.856. The van der Waals surface area contributed by atoms with Crippen LogP contribution in [0.1, 0.15) is 39.5 Å². The summed E-state index contributed by atoms with van der Waals surface area (Å²) in [5, 5.41) is 3.09. The monoisotopic (exact) mass is 411 g/mol. The first-order valence-electron chi connectivity index (χ1n) is 11.4. The molecule has 30 heavy (non-hydrogen) atoms. The molecule has 0 bridgehead atoms. The molecule has 7 heteroatoms. The normalized spacial score (nSPS) is 19.4. The van der Waals surface area contributed by atoms with E-state index in [0.29, 0.717) is 12.5 Å². The smallest absolute Gasteiger partial charge is 0.231 e. The topological polar surface area (TPSA) is 70.5 Å². The summed E-state index contributed by atoms with van der Waals surface area (Å²) in [5.41, 5.74) is 1.93. The number of fused-ring (bicyclic) bond motifs is 1. The molecule has 1 aliphatic carbocycles. The van der Waals surface area contributed by atoms with Crippen molar-refractivity contribution in [3.8, 4) is 0 Å². The van der Waals surface area contributed by atoms with Crippen LogP contribution < -0.4 is 5.32 Å². The molecule has 7 nitrogen and oxygen atoms in total. The van der Waals surface area contributed by atoms with Gasteiger partial charge in [0.2, 0.25) is 17.8 Å². The summed E-state index contributed by atoms with van der Waals surface area (Å²) in [6.45, 7) is 9.31. The van der Waals surface area contributed by atoms with Crippen LogP contribution >= 0.6 is 0 Å². The van der Waals surface area contributed by atoms with Crippen molar-refractivity contribution in [3.63, 3.8) is 0 Å². The van der Waals surface area contributed by atoms with Gasteiger partial charge in [-0.05, 0) is 50.9 Å². The van der Waals surface area contributed by atoms with Crippen LogP contribution in [0.3, 0.4) is 0 Å². The minimum Gasteiger partial charge on any atom is -0.342 e. The summed E-state index contributed by atoms with van der Waals surface area (Å²) in [7, 11) is 0. The lowest BCUT2D eigenvalue weighted by Crippen LogP contribution is -2.44. The molecule has 1 aromatic carbocycles. The van der Waals surface area contributed by atoms with E-state index in [2.05, 4.69) is 34.7 Å². The molecule has 0 radical (unpaired) electrons. The van der Waals surface area contributed by atoms with Gasteiger partial charge in [-0.2, -0.15) is 0 Å². The van der Waals surface area contributed by atoms with Crippen molar-refractivity contribution in [2.75, 3.05) is 38.0 Å². The van der Waals surface area contributed by atoms with Gasteiger partial charge < -0.3 is 14.4 Å². The maximum Gasteiger partial charge on any atom is 0.231 e. The molecule has 2 amide bonds. The molecule has 0 spiro atoms. The van der Waals surface area contributed by atoms with Gasteiger partial charge >= 0.3 is 0 Å². The van der Waals surface area contributed by atoms with Crippen molar-refractivity contribution in [2.24, 2.45) is 11.8 Å². The van der Waals surface area contributed by atoms with E-state index >= 15 is 0 Å². The van der Waals surface area contributed by atoms with Crippen molar-refractivity contribution in [1.82, 2.24) is 19.4 Å². The zero-order chi connectivity index (χ0) is 21.1. The summed E-state index contributed by atoms with van der Waals surface area (Å²) in [4.78, 5) is 34.5. The van der Waals surface area contributed by atoms with Crippen molar-refractivity contribution in [3.05, 3.63) is 24.3 Å². The Balaban J connectivity index is 1.48. The molecule has 2 heterocycles. The number of piperidine rings is 1. The molecule has 4 rings (SSSR count). The third-order valence-electron chi connectivity index (χ3n) is 6.45. The van der Waals surface area contributed by atoms with E-state index in [1.165, 1.54) is 0 Å². The highest BCUT2D eigenvalue weighted by Crippen LogP contribution is 2.32. The van der Waals surface area contributed by atoms with E-state index in [4.69, 9.17) is 4.98 Å². The molecule has 1 aliphatic heterocycles. The van der Waals surface area contributed by atoms with Gasteiger partial charge in [0.25, 0.3) is 0 Å². The highest BCUT2D eigenvalue weighted by molar-refractivity contribution is 5.94. The fourth-order valence-corrected chi connectivity index (χ4v) is 4.37. The van der Waals surface area contributed by atoms with E-state index in [0.717, 1.165) is 69.4 Å². The first kappa shape index (κ1) is 20.8. The van der Waals surface area contributed by atoms with Crippen molar-refractivity contribution in [1.29, 1.82) is 0 Å². The van der Waals surface area contributed by atoms with E-state index in [1.54, 1.807) is 0 Å². The Morgan fingerprint density at radius 2 is 1.90 bits per heavy atom. The van der Waals surface area contributed by atoms with E-state index in [1.807, 2.05) is 23.1 Å². The molecule has 162 valence electrons. The summed E-state index contributed by atoms with van der Waals surface area (Å²) >= 11 is 0. The summed E-state index contributed by atoms with van der Waals surface area (Å²) < 4.78 is 2.11. The van der Waals surface area contributed by atoms with Crippen molar-refractivity contribution >= 4 is 28.8 Å². The quantitative estimate of drug-likeness (QED) is 0.725. The molecule has 2 aliphatic rings. The number of nitrogens with one attached hydrogen (secondary N) is 1. The van der Waals surface area contributed by atoms with Gasteiger partial charge in [-0.15, -0.1) is 0 Å². The molecular formula is C23H33N5O2.